The molecule has 1 atom stereocenters. The zero-order valence-corrected chi connectivity index (χ0v) is 19.8. The summed E-state index contributed by atoms with van der Waals surface area (Å²) in [4.78, 5) is 24.7. The number of hydrogen-bond donors (Lipinski definition) is 1. The number of carbonyl (C=O) groups excluding carboxylic acids is 2. The van der Waals surface area contributed by atoms with Gasteiger partial charge in [-0.25, -0.2) is 10.2 Å². The summed E-state index contributed by atoms with van der Waals surface area (Å²) in [5, 5.41) is 4.97. The summed E-state index contributed by atoms with van der Waals surface area (Å²) in [5.74, 6) is -0.274. The lowest BCUT2D eigenvalue weighted by molar-refractivity contribution is -0.127. The molecule has 0 heterocycles. The van der Waals surface area contributed by atoms with E-state index in [-0.39, 0.29) is 5.75 Å². The number of esters is 1. The molecule has 0 aliphatic carbocycles. The van der Waals surface area contributed by atoms with E-state index in [1.54, 1.807) is 73.7 Å². The van der Waals surface area contributed by atoms with Crippen molar-refractivity contribution in [1.82, 2.24) is 5.43 Å². The monoisotopic (exact) mass is 534 g/mol. The molecule has 3 aromatic carbocycles. The molecule has 1 N–H and O–H groups in total. The lowest BCUT2D eigenvalue weighted by atomic mass is 10.2. The van der Waals surface area contributed by atoms with Gasteiger partial charge >= 0.3 is 5.97 Å². The maximum Gasteiger partial charge on any atom is 0.343 e. The molecule has 0 saturated carbocycles. The van der Waals surface area contributed by atoms with Crippen LogP contribution in [0, 0.1) is 0 Å². The van der Waals surface area contributed by atoms with Gasteiger partial charge < -0.3 is 9.47 Å². The van der Waals surface area contributed by atoms with Gasteiger partial charge in [0.25, 0.3) is 5.91 Å². The van der Waals surface area contributed by atoms with Crippen LogP contribution in [0.25, 0.3) is 0 Å². The number of hydrazone groups is 1. The maximum absolute atomic E-state index is 12.4. The molecule has 1 amide bonds. The van der Waals surface area contributed by atoms with Gasteiger partial charge in [-0.15, -0.1) is 0 Å². The highest BCUT2D eigenvalue weighted by Gasteiger charge is 2.15. The largest absolute Gasteiger partial charge is 0.481 e. The SMILES string of the molecule is CC(Oc1cccc(Cl)c1)C(=O)NN=Cc1cc(Br)ccc1OC(=O)c1ccc(Cl)cc1. The Kier molecular flexibility index (Phi) is 8.27. The summed E-state index contributed by atoms with van der Waals surface area (Å²) in [6, 6.07) is 18.1. The number of benzene rings is 3. The Morgan fingerprint density at radius 2 is 1.78 bits per heavy atom. The fraction of sp³-hybridized carbons (Fsp3) is 0.0870. The average molecular weight is 536 g/mol. The molecule has 0 aliphatic rings. The quantitative estimate of drug-likeness (QED) is 0.177. The van der Waals surface area contributed by atoms with Crippen LogP contribution in [0.1, 0.15) is 22.8 Å². The van der Waals surface area contributed by atoms with E-state index in [0.717, 1.165) is 4.47 Å². The summed E-state index contributed by atoms with van der Waals surface area (Å²) >= 11 is 15.1. The predicted octanol–water partition coefficient (Wildman–Crippen LogP) is 5.89. The fourth-order valence-electron chi connectivity index (χ4n) is 2.51. The second kappa shape index (κ2) is 11.1. The van der Waals surface area contributed by atoms with E-state index in [1.807, 2.05) is 0 Å². The van der Waals surface area contributed by atoms with E-state index >= 15 is 0 Å². The summed E-state index contributed by atoms with van der Waals surface area (Å²) in [6.07, 6.45) is 0.564. The van der Waals surface area contributed by atoms with Crippen LogP contribution >= 0.6 is 39.1 Å². The first-order valence-electron chi connectivity index (χ1n) is 9.34. The Labute approximate surface area is 203 Å². The van der Waals surface area contributed by atoms with Crippen LogP contribution in [0.5, 0.6) is 11.5 Å². The van der Waals surface area contributed by atoms with Crippen molar-refractivity contribution in [1.29, 1.82) is 0 Å². The Morgan fingerprint density at radius 1 is 1.03 bits per heavy atom. The van der Waals surface area contributed by atoms with Gasteiger partial charge in [0.15, 0.2) is 6.10 Å². The number of ether oxygens (including phenoxy) is 2. The van der Waals surface area contributed by atoms with Gasteiger partial charge in [-0.2, -0.15) is 5.10 Å². The van der Waals surface area contributed by atoms with Gasteiger partial charge in [0.05, 0.1) is 11.8 Å². The maximum atomic E-state index is 12.4. The number of carbonyl (C=O) groups is 2. The minimum absolute atomic E-state index is 0.273. The lowest BCUT2D eigenvalue weighted by Gasteiger charge is -2.13. The molecule has 0 spiro atoms. The van der Waals surface area contributed by atoms with Crippen molar-refractivity contribution in [3.05, 3.63) is 92.4 Å². The van der Waals surface area contributed by atoms with Crippen LogP contribution in [-0.4, -0.2) is 24.2 Å². The topological polar surface area (TPSA) is 77.0 Å². The molecular formula is C23H17BrCl2N2O4. The molecule has 0 aliphatic heterocycles. The average Bonchev–Trinajstić information content (AvgIpc) is 2.75. The Hall–Kier alpha value is -2.87. The van der Waals surface area contributed by atoms with Crippen molar-refractivity contribution in [3.63, 3.8) is 0 Å². The molecule has 0 fully saturated rings. The second-order valence-corrected chi connectivity index (χ2v) is 8.32. The highest BCUT2D eigenvalue weighted by Crippen LogP contribution is 2.23. The lowest BCUT2D eigenvalue weighted by Crippen LogP contribution is -2.33. The van der Waals surface area contributed by atoms with Crippen molar-refractivity contribution in [3.8, 4) is 11.5 Å². The Balaban J connectivity index is 1.65. The van der Waals surface area contributed by atoms with Crippen LogP contribution in [0.2, 0.25) is 10.0 Å². The predicted molar refractivity (Wildman–Crippen MR) is 128 cm³/mol. The fourth-order valence-corrected chi connectivity index (χ4v) is 3.20. The molecule has 9 heteroatoms. The number of nitrogens with one attached hydrogen (secondary N) is 1. The van der Waals surface area contributed by atoms with Gasteiger partial charge in [-0.1, -0.05) is 45.2 Å². The van der Waals surface area contributed by atoms with Gasteiger partial charge in [0.2, 0.25) is 0 Å². The Bertz CT molecular complexity index is 1150. The molecule has 6 nitrogen and oxygen atoms in total. The van der Waals surface area contributed by atoms with Crippen LogP contribution < -0.4 is 14.9 Å². The summed E-state index contributed by atoms with van der Waals surface area (Å²) in [7, 11) is 0. The standard InChI is InChI=1S/C23H17BrCl2N2O4/c1-14(31-20-4-2-3-19(26)12-20)22(29)28-27-13-16-11-17(24)7-10-21(16)32-23(30)15-5-8-18(25)9-6-15/h2-14H,1H3,(H,28,29). The van der Waals surface area contributed by atoms with E-state index < -0.39 is 18.0 Å². The molecule has 1 unspecified atom stereocenters. The molecule has 3 rings (SSSR count). The molecule has 3 aromatic rings. The Morgan fingerprint density at radius 3 is 2.50 bits per heavy atom. The number of amides is 1. The van der Waals surface area contributed by atoms with Gasteiger partial charge in [0.1, 0.15) is 11.5 Å². The number of nitrogens with zero attached hydrogens (tertiary/aromatic N) is 1. The van der Waals surface area contributed by atoms with Crippen molar-refractivity contribution in [2.45, 2.75) is 13.0 Å². The molecule has 32 heavy (non-hydrogen) atoms. The molecule has 0 bridgehead atoms. The second-order valence-electron chi connectivity index (χ2n) is 6.53. The zero-order valence-electron chi connectivity index (χ0n) is 16.7. The highest BCUT2D eigenvalue weighted by molar-refractivity contribution is 9.10. The smallest absolute Gasteiger partial charge is 0.343 e. The van der Waals surface area contributed by atoms with Gasteiger partial charge in [-0.3, -0.25) is 4.79 Å². The summed E-state index contributed by atoms with van der Waals surface area (Å²) < 4.78 is 11.8. The first kappa shape index (κ1) is 23.8. The van der Waals surface area contributed by atoms with Crippen LogP contribution in [0.15, 0.2) is 76.3 Å². The van der Waals surface area contributed by atoms with Gasteiger partial charge in [0, 0.05) is 20.1 Å². The molecule has 0 saturated heterocycles. The summed E-state index contributed by atoms with van der Waals surface area (Å²) in [5.41, 5.74) is 3.23. The molecular weight excluding hydrogens is 519 g/mol. The first-order valence-corrected chi connectivity index (χ1v) is 10.9. The zero-order chi connectivity index (χ0) is 23.1. The van der Waals surface area contributed by atoms with Crippen molar-refractivity contribution in [2.75, 3.05) is 0 Å². The minimum atomic E-state index is -0.810. The van der Waals surface area contributed by atoms with E-state index in [2.05, 4.69) is 26.5 Å². The van der Waals surface area contributed by atoms with Gasteiger partial charge in [-0.05, 0) is 67.6 Å². The summed E-state index contributed by atoms with van der Waals surface area (Å²) in [6.45, 7) is 1.59. The number of hydrogen-bond acceptors (Lipinski definition) is 5. The normalized spacial score (nSPS) is 11.8. The van der Waals surface area contributed by atoms with E-state index in [4.69, 9.17) is 32.7 Å². The molecule has 164 valence electrons. The third kappa shape index (κ3) is 6.82. The van der Waals surface area contributed by atoms with Crippen molar-refractivity contribution < 1.29 is 19.1 Å². The number of halogens is 3. The van der Waals surface area contributed by atoms with Crippen LogP contribution in [0.3, 0.4) is 0 Å². The third-order valence-electron chi connectivity index (χ3n) is 4.11. The molecule has 0 aromatic heterocycles. The van der Waals surface area contributed by atoms with Crippen molar-refractivity contribution >= 4 is 57.2 Å². The highest BCUT2D eigenvalue weighted by atomic mass is 79.9. The van der Waals surface area contributed by atoms with Crippen LogP contribution in [0.4, 0.5) is 0 Å². The van der Waals surface area contributed by atoms with E-state index in [9.17, 15) is 9.59 Å². The minimum Gasteiger partial charge on any atom is -0.481 e. The van der Waals surface area contributed by atoms with E-state index in [0.29, 0.717) is 26.9 Å². The first-order chi connectivity index (χ1) is 15.3. The van der Waals surface area contributed by atoms with E-state index in [1.165, 1.54) is 6.21 Å². The number of rotatable bonds is 7. The van der Waals surface area contributed by atoms with Crippen molar-refractivity contribution in [2.24, 2.45) is 5.10 Å². The van der Waals surface area contributed by atoms with Crippen LogP contribution in [-0.2, 0) is 4.79 Å². The third-order valence-corrected chi connectivity index (χ3v) is 5.09. The molecule has 0 radical (unpaired) electrons.